The Morgan fingerprint density at radius 3 is 2.50 bits per heavy atom. The second-order valence-corrected chi connectivity index (χ2v) is 5.28. The second kappa shape index (κ2) is 6.04. The molecular formula is C12H16ClN3O4. The first-order valence-electron chi connectivity index (χ1n) is 5.77. The van der Waals surface area contributed by atoms with E-state index in [0.717, 1.165) is 11.1 Å². The molecular weight excluding hydrogens is 286 g/mol. The van der Waals surface area contributed by atoms with Crippen molar-refractivity contribution < 1.29 is 19.4 Å². The fourth-order valence-corrected chi connectivity index (χ4v) is 1.46. The van der Waals surface area contributed by atoms with Crippen LogP contribution < -0.4 is 4.90 Å². The van der Waals surface area contributed by atoms with Gasteiger partial charge in [0.2, 0.25) is 5.95 Å². The molecule has 0 bridgehead atoms. The van der Waals surface area contributed by atoms with Gasteiger partial charge in [0.1, 0.15) is 11.2 Å². The number of ether oxygens (including phenoxy) is 1. The van der Waals surface area contributed by atoms with E-state index in [-0.39, 0.29) is 23.1 Å². The Balaban J connectivity index is 3.02. The molecule has 1 N–H and O–H groups in total. The van der Waals surface area contributed by atoms with Crippen molar-refractivity contribution in [1.82, 2.24) is 9.97 Å². The van der Waals surface area contributed by atoms with Crippen LogP contribution in [0.4, 0.5) is 10.7 Å². The predicted octanol–water partition coefficient (Wildman–Crippen LogP) is 2.28. The fraction of sp³-hybridized carbons (Fsp3) is 0.500. The highest BCUT2D eigenvalue weighted by atomic mass is 35.5. The Labute approximate surface area is 121 Å². The van der Waals surface area contributed by atoms with Crippen molar-refractivity contribution in [1.29, 1.82) is 0 Å². The highest BCUT2D eigenvalue weighted by molar-refractivity contribution is 6.17. The summed E-state index contributed by atoms with van der Waals surface area (Å²) in [6.07, 6.45) is 0.476. The number of hydrogen-bond donors (Lipinski definition) is 1. The summed E-state index contributed by atoms with van der Waals surface area (Å²) in [4.78, 5) is 31.7. The average molecular weight is 302 g/mol. The number of carboxylic acids is 1. The quantitative estimate of drug-likeness (QED) is 0.861. The first kappa shape index (κ1) is 16.2. The van der Waals surface area contributed by atoms with Crippen LogP contribution in [0.1, 0.15) is 36.8 Å². The van der Waals surface area contributed by atoms with Crippen molar-refractivity contribution in [2.75, 3.05) is 11.9 Å². The van der Waals surface area contributed by atoms with Crippen LogP contribution in [0.5, 0.6) is 0 Å². The van der Waals surface area contributed by atoms with E-state index in [9.17, 15) is 9.59 Å². The lowest BCUT2D eigenvalue weighted by Gasteiger charge is -2.23. The van der Waals surface area contributed by atoms with Gasteiger partial charge in [-0.05, 0) is 20.8 Å². The first-order chi connectivity index (χ1) is 9.15. The van der Waals surface area contributed by atoms with Crippen LogP contribution in [0, 0.1) is 0 Å². The van der Waals surface area contributed by atoms with Crippen molar-refractivity contribution in [3.63, 3.8) is 0 Å². The Kier molecular flexibility index (Phi) is 4.88. The van der Waals surface area contributed by atoms with Gasteiger partial charge in [-0.1, -0.05) is 0 Å². The highest BCUT2D eigenvalue weighted by Gasteiger charge is 2.23. The summed E-state index contributed by atoms with van der Waals surface area (Å²) in [7, 11) is 1.43. The summed E-state index contributed by atoms with van der Waals surface area (Å²) < 4.78 is 5.16. The van der Waals surface area contributed by atoms with Crippen molar-refractivity contribution in [3.05, 3.63) is 17.5 Å². The number of alkyl halides is 1. The standard InChI is InChI=1S/C12H16ClN3O4/c1-12(2,3)20-11(19)16(4)10-14-6-7(9(17)18)8(5-13)15-10/h6H,5H2,1-4H3,(H,17,18). The van der Waals surface area contributed by atoms with E-state index in [2.05, 4.69) is 9.97 Å². The number of aromatic carboxylic acids is 1. The molecule has 0 radical (unpaired) electrons. The topological polar surface area (TPSA) is 92.6 Å². The number of rotatable bonds is 3. The monoisotopic (exact) mass is 301 g/mol. The molecule has 0 aromatic carbocycles. The lowest BCUT2D eigenvalue weighted by Crippen LogP contribution is -2.35. The number of carboxylic acid groups (broad SMARTS) is 1. The fourth-order valence-electron chi connectivity index (χ4n) is 1.26. The maximum atomic E-state index is 11.9. The van der Waals surface area contributed by atoms with Gasteiger partial charge >= 0.3 is 12.1 Å². The minimum Gasteiger partial charge on any atom is -0.478 e. The molecule has 0 aliphatic heterocycles. The van der Waals surface area contributed by atoms with E-state index >= 15 is 0 Å². The van der Waals surface area contributed by atoms with Crippen LogP contribution in [0.3, 0.4) is 0 Å². The van der Waals surface area contributed by atoms with Crippen molar-refractivity contribution in [2.45, 2.75) is 32.3 Å². The third-order valence-electron chi connectivity index (χ3n) is 2.18. The van der Waals surface area contributed by atoms with Crippen molar-refractivity contribution in [3.8, 4) is 0 Å². The highest BCUT2D eigenvalue weighted by Crippen LogP contribution is 2.16. The second-order valence-electron chi connectivity index (χ2n) is 5.01. The number of carbonyl (C=O) groups is 2. The van der Waals surface area contributed by atoms with E-state index in [0.29, 0.717) is 0 Å². The zero-order valence-corrected chi connectivity index (χ0v) is 12.4. The van der Waals surface area contributed by atoms with Crippen molar-refractivity contribution in [2.24, 2.45) is 0 Å². The molecule has 1 aromatic heterocycles. The number of nitrogens with zero attached hydrogens (tertiary/aromatic N) is 3. The lowest BCUT2D eigenvalue weighted by atomic mass is 10.2. The zero-order valence-electron chi connectivity index (χ0n) is 11.7. The molecule has 110 valence electrons. The number of amides is 1. The van der Waals surface area contributed by atoms with Gasteiger partial charge < -0.3 is 9.84 Å². The van der Waals surface area contributed by atoms with Crippen LogP contribution in [-0.4, -0.2) is 39.8 Å². The number of anilines is 1. The molecule has 0 fully saturated rings. The summed E-state index contributed by atoms with van der Waals surface area (Å²) in [6, 6.07) is 0. The molecule has 0 saturated heterocycles. The number of carbonyl (C=O) groups excluding carboxylic acids is 1. The summed E-state index contributed by atoms with van der Waals surface area (Å²) >= 11 is 5.65. The van der Waals surface area contributed by atoms with Gasteiger partial charge in [0.25, 0.3) is 0 Å². The van der Waals surface area contributed by atoms with Gasteiger partial charge in [-0.25, -0.2) is 24.5 Å². The molecule has 8 heteroatoms. The molecule has 0 spiro atoms. The van der Waals surface area contributed by atoms with Gasteiger partial charge in [0, 0.05) is 13.2 Å². The SMILES string of the molecule is CN(C(=O)OC(C)(C)C)c1ncc(C(=O)O)c(CCl)n1. The first-order valence-corrected chi connectivity index (χ1v) is 6.31. The van der Waals surface area contributed by atoms with Gasteiger partial charge in [0.05, 0.1) is 11.6 Å². The van der Waals surface area contributed by atoms with E-state index in [4.69, 9.17) is 21.4 Å². The maximum absolute atomic E-state index is 11.9. The molecule has 7 nitrogen and oxygen atoms in total. The van der Waals surface area contributed by atoms with Gasteiger partial charge in [-0.3, -0.25) is 0 Å². The number of hydrogen-bond acceptors (Lipinski definition) is 5. The third-order valence-corrected chi connectivity index (χ3v) is 2.43. The molecule has 1 rings (SSSR count). The molecule has 1 aromatic rings. The largest absolute Gasteiger partial charge is 0.478 e. The van der Waals surface area contributed by atoms with E-state index in [1.165, 1.54) is 7.05 Å². The minimum absolute atomic E-state index is 0.0277. The smallest absolute Gasteiger partial charge is 0.416 e. The van der Waals surface area contributed by atoms with Crippen LogP contribution >= 0.6 is 11.6 Å². The molecule has 0 unspecified atom stereocenters. The Hall–Kier alpha value is -1.89. The molecule has 0 atom stereocenters. The number of halogens is 1. The van der Waals surface area contributed by atoms with E-state index < -0.39 is 17.7 Å². The third kappa shape index (κ3) is 4.06. The summed E-state index contributed by atoms with van der Waals surface area (Å²) in [5.74, 6) is -1.24. The summed E-state index contributed by atoms with van der Waals surface area (Å²) in [5.41, 5.74) is -0.609. The minimum atomic E-state index is -1.17. The molecule has 1 heterocycles. The van der Waals surface area contributed by atoms with Crippen LogP contribution in [0.15, 0.2) is 6.20 Å². The van der Waals surface area contributed by atoms with Crippen molar-refractivity contribution >= 4 is 29.6 Å². The predicted molar refractivity (Wildman–Crippen MR) is 73.2 cm³/mol. The Bertz CT molecular complexity index is 528. The number of aromatic nitrogens is 2. The van der Waals surface area contributed by atoms with Gasteiger partial charge in [0.15, 0.2) is 0 Å². The molecule has 0 aliphatic rings. The zero-order chi connectivity index (χ0) is 15.5. The normalized spacial score (nSPS) is 11.1. The van der Waals surface area contributed by atoms with E-state index in [1.807, 2.05) is 0 Å². The average Bonchev–Trinajstić information content (AvgIpc) is 2.34. The molecule has 0 saturated carbocycles. The van der Waals surface area contributed by atoms with Gasteiger partial charge in [-0.15, -0.1) is 11.6 Å². The van der Waals surface area contributed by atoms with Crippen LogP contribution in [-0.2, 0) is 10.6 Å². The Morgan fingerprint density at radius 1 is 1.45 bits per heavy atom. The van der Waals surface area contributed by atoms with E-state index in [1.54, 1.807) is 20.8 Å². The summed E-state index contributed by atoms with van der Waals surface area (Å²) in [5, 5.41) is 8.94. The van der Waals surface area contributed by atoms with Crippen LogP contribution in [0.25, 0.3) is 0 Å². The van der Waals surface area contributed by atoms with Crippen LogP contribution in [0.2, 0.25) is 0 Å². The summed E-state index contributed by atoms with van der Waals surface area (Å²) in [6.45, 7) is 5.20. The Morgan fingerprint density at radius 2 is 2.05 bits per heavy atom. The lowest BCUT2D eigenvalue weighted by molar-refractivity contribution is 0.0586. The molecule has 20 heavy (non-hydrogen) atoms. The molecule has 0 aliphatic carbocycles. The molecule has 1 amide bonds. The van der Waals surface area contributed by atoms with Gasteiger partial charge in [-0.2, -0.15) is 0 Å². The maximum Gasteiger partial charge on any atom is 0.416 e.